The molecule has 2 aromatic rings. The number of piperidine rings is 1. The van der Waals surface area contributed by atoms with E-state index in [-0.39, 0.29) is 11.8 Å². The fourth-order valence-electron chi connectivity index (χ4n) is 4.28. The molecule has 2 aliphatic rings. The Morgan fingerprint density at radius 3 is 2.73 bits per heavy atom. The minimum atomic E-state index is -0.452. The van der Waals surface area contributed by atoms with Crippen LogP contribution in [0.5, 0.6) is 0 Å². The summed E-state index contributed by atoms with van der Waals surface area (Å²) >= 11 is 0. The molecule has 0 aliphatic carbocycles. The zero-order chi connectivity index (χ0) is 18.3. The molecule has 3 heterocycles. The van der Waals surface area contributed by atoms with E-state index in [4.69, 9.17) is 0 Å². The molecule has 6 nitrogen and oxygen atoms in total. The van der Waals surface area contributed by atoms with E-state index in [9.17, 15) is 9.59 Å². The topological polar surface area (TPSA) is 58.4 Å². The smallest absolute Gasteiger partial charge is 0.254 e. The summed E-state index contributed by atoms with van der Waals surface area (Å²) in [7, 11) is 1.85. The SMILES string of the molecule is Cc1ccccc1C(=O)N1CCC[C@]2(CCN(c3cnn(C)c3)C2=O)C1. The van der Waals surface area contributed by atoms with Crippen LogP contribution in [0.25, 0.3) is 0 Å². The molecule has 136 valence electrons. The van der Waals surface area contributed by atoms with Gasteiger partial charge >= 0.3 is 0 Å². The molecule has 2 aliphatic heterocycles. The van der Waals surface area contributed by atoms with Gasteiger partial charge in [0.1, 0.15) is 0 Å². The van der Waals surface area contributed by atoms with Gasteiger partial charge in [-0.3, -0.25) is 14.3 Å². The number of aromatic nitrogens is 2. The Hall–Kier alpha value is -2.63. The summed E-state index contributed by atoms with van der Waals surface area (Å²) in [6, 6.07) is 7.66. The molecule has 2 saturated heterocycles. The zero-order valence-corrected chi connectivity index (χ0v) is 15.3. The maximum absolute atomic E-state index is 13.2. The lowest BCUT2D eigenvalue weighted by Crippen LogP contribution is -2.50. The number of hydrogen-bond donors (Lipinski definition) is 0. The van der Waals surface area contributed by atoms with Crippen LogP contribution in [-0.4, -0.2) is 46.1 Å². The number of likely N-dealkylation sites (tertiary alicyclic amines) is 1. The molecule has 0 radical (unpaired) electrons. The molecular weight excluding hydrogens is 328 g/mol. The van der Waals surface area contributed by atoms with Crippen molar-refractivity contribution in [2.24, 2.45) is 12.5 Å². The van der Waals surface area contributed by atoms with E-state index >= 15 is 0 Å². The molecule has 1 spiro atoms. The molecule has 1 atom stereocenters. The highest BCUT2D eigenvalue weighted by atomic mass is 16.2. The Bertz CT molecular complexity index is 859. The van der Waals surface area contributed by atoms with Crippen molar-refractivity contribution in [3.63, 3.8) is 0 Å². The predicted molar refractivity (Wildman–Crippen MR) is 98.9 cm³/mol. The molecule has 0 bridgehead atoms. The Kier molecular flexibility index (Phi) is 4.05. The van der Waals surface area contributed by atoms with Gasteiger partial charge in [-0.05, 0) is 37.8 Å². The van der Waals surface area contributed by atoms with E-state index in [1.165, 1.54) is 0 Å². The average molecular weight is 352 g/mol. The summed E-state index contributed by atoms with van der Waals surface area (Å²) in [6.45, 7) is 3.87. The van der Waals surface area contributed by atoms with Gasteiger partial charge in [-0.25, -0.2) is 0 Å². The second-order valence-corrected chi connectivity index (χ2v) is 7.50. The summed E-state index contributed by atoms with van der Waals surface area (Å²) in [5.41, 5.74) is 2.11. The van der Waals surface area contributed by atoms with E-state index in [2.05, 4.69) is 5.10 Å². The van der Waals surface area contributed by atoms with Gasteiger partial charge in [-0.15, -0.1) is 0 Å². The lowest BCUT2D eigenvalue weighted by molar-refractivity contribution is -0.127. The van der Waals surface area contributed by atoms with Gasteiger partial charge in [0.05, 0.1) is 17.3 Å². The van der Waals surface area contributed by atoms with Gasteiger partial charge in [-0.2, -0.15) is 5.10 Å². The van der Waals surface area contributed by atoms with Gasteiger partial charge in [0.15, 0.2) is 0 Å². The molecule has 1 aromatic carbocycles. The number of hydrogen-bond acceptors (Lipinski definition) is 3. The lowest BCUT2D eigenvalue weighted by atomic mass is 9.78. The maximum atomic E-state index is 13.2. The van der Waals surface area contributed by atoms with Crippen molar-refractivity contribution in [3.05, 3.63) is 47.8 Å². The molecule has 4 rings (SSSR count). The van der Waals surface area contributed by atoms with Crippen LogP contribution >= 0.6 is 0 Å². The van der Waals surface area contributed by atoms with Crippen LogP contribution in [0.4, 0.5) is 5.69 Å². The number of carbonyl (C=O) groups excluding carboxylic acids is 2. The Balaban J connectivity index is 1.56. The quantitative estimate of drug-likeness (QED) is 0.834. The van der Waals surface area contributed by atoms with Crippen molar-refractivity contribution in [1.82, 2.24) is 14.7 Å². The summed E-state index contributed by atoms with van der Waals surface area (Å²) < 4.78 is 1.71. The predicted octanol–water partition coefficient (Wildman–Crippen LogP) is 2.39. The molecule has 6 heteroatoms. The second kappa shape index (κ2) is 6.27. The van der Waals surface area contributed by atoms with Crippen LogP contribution in [0.2, 0.25) is 0 Å². The fourth-order valence-corrected chi connectivity index (χ4v) is 4.28. The lowest BCUT2D eigenvalue weighted by Gasteiger charge is -2.39. The summed E-state index contributed by atoms with van der Waals surface area (Å²) in [6.07, 6.45) is 6.11. The minimum Gasteiger partial charge on any atom is -0.338 e. The number of aryl methyl sites for hydroxylation is 2. The number of rotatable bonds is 2. The van der Waals surface area contributed by atoms with Crippen LogP contribution in [0, 0.1) is 12.3 Å². The summed E-state index contributed by atoms with van der Waals surface area (Å²) in [4.78, 5) is 29.9. The minimum absolute atomic E-state index is 0.0369. The third-order valence-electron chi connectivity index (χ3n) is 5.76. The van der Waals surface area contributed by atoms with E-state index in [1.54, 1.807) is 10.9 Å². The van der Waals surface area contributed by atoms with Gasteiger partial charge in [0, 0.05) is 38.4 Å². The van der Waals surface area contributed by atoms with Crippen molar-refractivity contribution >= 4 is 17.5 Å². The van der Waals surface area contributed by atoms with Gasteiger partial charge < -0.3 is 9.80 Å². The molecule has 0 N–H and O–H groups in total. The van der Waals surface area contributed by atoms with E-state index in [1.807, 2.05) is 54.2 Å². The monoisotopic (exact) mass is 352 g/mol. The van der Waals surface area contributed by atoms with Crippen molar-refractivity contribution in [1.29, 1.82) is 0 Å². The molecule has 0 unspecified atom stereocenters. The number of amides is 2. The van der Waals surface area contributed by atoms with Crippen LogP contribution < -0.4 is 4.90 Å². The molecule has 2 fully saturated rings. The Morgan fingerprint density at radius 2 is 2.00 bits per heavy atom. The summed E-state index contributed by atoms with van der Waals surface area (Å²) in [5.74, 6) is 0.169. The first-order valence-electron chi connectivity index (χ1n) is 9.16. The van der Waals surface area contributed by atoms with Gasteiger partial charge in [0.2, 0.25) is 5.91 Å². The van der Waals surface area contributed by atoms with Crippen molar-refractivity contribution in [3.8, 4) is 0 Å². The van der Waals surface area contributed by atoms with E-state index in [0.29, 0.717) is 13.1 Å². The molecule has 2 amide bonds. The number of nitrogens with zero attached hydrogens (tertiary/aromatic N) is 4. The van der Waals surface area contributed by atoms with Crippen LogP contribution in [0.3, 0.4) is 0 Å². The highest BCUT2D eigenvalue weighted by Crippen LogP contribution is 2.42. The highest BCUT2D eigenvalue weighted by molar-refractivity contribution is 6.01. The Labute approximate surface area is 153 Å². The summed E-state index contributed by atoms with van der Waals surface area (Å²) in [5, 5.41) is 4.18. The largest absolute Gasteiger partial charge is 0.338 e. The van der Waals surface area contributed by atoms with Crippen LogP contribution in [-0.2, 0) is 11.8 Å². The fraction of sp³-hybridized carbons (Fsp3) is 0.450. The average Bonchev–Trinajstić information content (AvgIpc) is 3.19. The van der Waals surface area contributed by atoms with Gasteiger partial charge in [0.25, 0.3) is 5.91 Å². The van der Waals surface area contributed by atoms with Crippen molar-refractivity contribution in [2.45, 2.75) is 26.2 Å². The van der Waals surface area contributed by atoms with E-state index in [0.717, 1.165) is 42.6 Å². The highest BCUT2D eigenvalue weighted by Gasteiger charge is 2.50. The molecular formula is C20H24N4O2. The molecule has 0 saturated carbocycles. The third kappa shape index (κ3) is 2.69. The number of benzene rings is 1. The first-order chi connectivity index (χ1) is 12.5. The molecule has 26 heavy (non-hydrogen) atoms. The standard InChI is InChI=1S/C20H24N4O2/c1-15-6-3-4-7-17(15)18(25)23-10-5-8-20(14-23)9-11-24(19(20)26)16-12-21-22(2)13-16/h3-4,6-7,12-13H,5,8-11,14H2,1-2H3/t20-/m0/s1. The third-order valence-corrected chi connectivity index (χ3v) is 5.76. The normalized spacial score (nSPS) is 23.1. The van der Waals surface area contributed by atoms with Crippen molar-refractivity contribution < 1.29 is 9.59 Å². The molecule has 1 aromatic heterocycles. The van der Waals surface area contributed by atoms with Crippen molar-refractivity contribution in [2.75, 3.05) is 24.5 Å². The number of anilines is 1. The van der Waals surface area contributed by atoms with Crippen LogP contribution in [0.15, 0.2) is 36.7 Å². The Morgan fingerprint density at radius 1 is 1.19 bits per heavy atom. The van der Waals surface area contributed by atoms with Gasteiger partial charge in [-0.1, -0.05) is 18.2 Å². The first kappa shape index (κ1) is 16.8. The zero-order valence-electron chi connectivity index (χ0n) is 15.3. The van der Waals surface area contributed by atoms with Crippen LogP contribution in [0.1, 0.15) is 35.2 Å². The maximum Gasteiger partial charge on any atom is 0.254 e. The first-order valence-corrected chi connectivity index (χ1v) is 9.16. The number of carbonyl (C=O) groups is 2. The second-order valence-electron chi connectivity index (χ2n) is 7.50. The van der Waals surface area contributed by atoms with E-state index < -0.39 is 5.41 Å².